The van der Waals surface area contributed by atoms with E-state index < -0.39 is 0 Å². The Hall–Kier alpha value is -3.26. The first-order chi connectivity index (χ1) is 14.2. The highest BCUT2D eigenvalue weighted by molar-refractivity contribution is 5.94. The molecule has 5 rings (SSSR count). The van der Waals surface area contributed by atoms with Gasteiger partial charge in [-0.25, -0.2) is 4.79 Å². The van der Waals surface area contributed by atoms with E-state index in [2.05, 4.69) is 26.3 Å². The number of anilines is 1. The molecule has 3 aromatic rings. The van der Waals surface area contributed by atoms with Gasteiger partial charge in [-0.05, 0) is 55.3 Å². The molecule has 150 valence electrons. The number of likely N-dealkylation sites (tertiary alicyclic amines) is 1. The molecule has 1 aromatic heterocycles. The highest BCUT2D eigenvalue weighted by Gasteiger charge is 2.28. The first kappa shape index (κ1) is 17.8. The summed E-state index contributed by atoms with van der Waals surface area (Å²) in [6.07, 6.45) is 2.05. The number of hydrogen-bond acceptors (Lipinski definition) is 5. The number of benzene rings is 2. The Morgan fingerprint density at radius 3 is 2.79 bits per heavy atom. The highest BCUT2D eigenvalue weighted by Crippen LogP contribution is 2.37. The highest BCUT2D eigenvalue weighted by atomic mass is 16.6. The second-order valence-corrected chi connectivity index (χ2v) is 7.42. The predicted octanol–water partition coefficient (Wildman–Crippen LogP) is 2.40. The van der Waals surface area contributed by atoms with Crippen molar-refractivity contribution in [2.45, 2.75) is 18.9 Å². The summed E-state index contributed by atoms with van der Waals surface area (Å²) in [7, 11) is 0. The van der Waals surface area contributed by atoms with Crippen LogP contribution in [0.15, 0.2) is 41.2 Å². The Labute approximate surface area is 166 Å². The molecule has 0 saturated carbocycles. The number of carbonyl (C=O) groups is 1. The van der Waals surface area contributed by atoms with Crippen LogP contribution in [0.3, 0.4) is 0 Å². The monoisotopic (exact) mass is 394 g/mol. The van der Waals surface area contributed by atoms with Gasteiger partial charge in [-0.3, -0.25) is 9.69 Å². The fourth-order valence-corrected chi connectivity index (χ4v) is 4.16. The second-order valence-electron chi connectivity index (χ2n) is 7.42. The predicted molar refractivity (Wildman–Crippen MR) is 109 cm³/mol. The van der Waals surface area contributed by atoms with Crippen LogP contribution in [0.25, 0.3) is 11.0 Å². The minimum atomic E-state index is -0.261. The maximum absolute atomic E-state index is 12.6. The van der Waals surface area contributed by atoms with Gasteiger partial charge in [0, 0.05) is 11.7 Å². The van der Waals surface area contributed by atoms with Crippen molar-refractivity contribution in [3.05, 3.63) is 52.4 Å². The first-order valence-electron chi connectivity index (χ1n) is 9.81. The zero-order chi connectivity index (χ0) is 19.8. The summed E-state index contributed by atoms with van der Waals surface area (Å²) in [4.78, 5) is 31.6. The molecular weight excluding hydrogens is 372 g/mol. The zero-order valence-corrected chi connectivity index (χ0v) is 15.9. The van der Waals surface area contributed by atoms with Crippen molar-refractivity contribution in [3.8, 4) is 11.5 Å². The summed E-state index contributed by atoms with van der Waals surface area (Å²) in [5, 5.41) is 2.93. The molecule has 0 radical (unpaired) electrons. The maximum Gasteiger partial charge on any atom is 0.323 e. The number of fused-ring (bicyclic) bond motifs is 2. The van der Waals surface area contributed by atoms with Gasteiger partial charge in [-0.1, -0.05) is 6.07 Å². The fraction of sp³-hybridized carbons (Fsp3) is 0.333. The summed E-state index contributed by atoms with van der Waals surface area (Å²) >= 11 is 0. The van der Waals surface area contributed by atoms with E-state index in [1.165, 1.54) is 0 Å². The second kappa shape index (κ2) is 7.29. The molecular formula is C21H22N4O4. The Balaban J connectivity index is 1.28. The van der Waals surface area contributed by atoms with E-state index in [9.17, 15) is 9.59 Å². The summed E-state index contributed by atoms with van der Waals surface area (Å²) in [6.45, 7) is 2.31. The van der Waals surface area contributed by atoms with Gasteiger partial charge in [-0.15, -0.1) is 0 Å². The SMILES string of the molecule is O=C(CN1CCC[C@H]1c1ccc2c(c1)OCCO2)Nc1ccc2[nH]c(=O)[nH]c2c1. The molecule has 0 spiro atoms. The molecule has 0 unspecified atom stereocenters. The third kappa shape index (κ3) is 3.58. The van der Waals surface area contributed by atoms with Crippen LogP contribution in [-0.2, 0) is 4.79 Å². The number of hydrogen-bond donors (Lipinski definition) is 3. The molecule has 0 aliphatic carbocycles. The molecule has 1 atom stereocenters. The standard InChI is InChI=1S/C21H22N4O4/c26-20(22-14-4-5-15-16(11-14)24-21(27)23-15)12-25-7-1-2-17(25)13-3-6-18-19(10-13)29-9-8-28-18/h3-6,10-11,17H,1-2,7-9,12H2,(H,22,26)(H2,23,24,27)/t17-/m0/s1. The lowest BCUT2D eigenvalue weighted by Crippen LogP contribution is -2.33. The van der Waals surface area contributed by atoms with Crippen LogP contribution in [0.4, 0.5) is 5.69 Å². The summed E-state index contributed by atoms with van der Waals surface area (Å²) in [6, 6.07) is 11.5. The van der Waals surface area contributed by atoms with E-state index in [4.69, 9.17) is 9.47 Å². The van der Waals surface area contributed by atoms with Crippen LogP contribution in [0, 0.1) is 0 Å². The molecule has 1 saturated heterocycles. The lowest BCUT2D eigenvalue weighted by Gasteiger charge is -2.26. The van der Waals surface area contributed by atoms with Crippen molar-refractivity contribution in [2.75, 3.05) is 31.6 Å². The molecule has 2 aliphatic rings. The first-order valence-corrected chi connectivity index (χ1v) is 9.81. The topological polar surface area (TPSA) is 99.4 Å². The van der Waals surface area contributed by atoms with Crippen LogP contribution < -0.4 is 20.5 Å². The number of carbonyl (C=O) groups excluding carboxylic acids is 1. The summed E-state index contributed by atoms with van der Waals surface area (Å²) in [5.41, 5.74) is 2.93. The lowest BCUT2D eigenvalue weighted by molar-refractivity contribution is -0.117. The number of rotatable bonds is 4. The lowest BCUT2D eigenvalue weighted by atomic mass is 10.0. The Kier molecular flexibility index (Phi) is 4.48. The van der Waals surface area contributed by atoms with Gasteiger partial charge in [0.15, 0.2) is 11.5 Å². The van der Waals surface area contributed by atoms with E-state index in [0.29, 0.717) is 36.5 Å². The van der Waals surface area contributed by atoms with Crippen LogP contribution >= 0.6 is 0 Å². The molecule has 2 aliphatic heterocycles. The van der Waals surface area contributed by atoms with Crippen molar-refractivity contribution in [1.29, 1.82) is 0 Å². The Morgan fingerprint density at radius 2 is 1.90 bits per heavy atom. The van der Waals surface area contributed by atoms with E-state index in [1.807, 2.05) is 12.1 Å². The van der Waals surface area contributed by atoms with Crippen LogP contribution in [0.5, 0.6) is 11.5 Å². The van der Waals surface area contributed by atoms with Gasteiger partial charge in [0.05, 0.1) is 17.6 Å². The summed E-state index contributed by atoms with van der Waals surface area (Å²) in [5.74, 6) is 1.48. The van der Waals surface area contributed by atoms with Crippen molar-refractivity contribution in [3.63, 3.8) is 0 Å². The van der Waals surface area contributed by atoms with Crippen molar-refractivity contribution in [1.82, 2.24) is 14.9 Å². The van der Waals surface area contributed by atoms with Gasteiger partial charge in [-0.2, -0.15) is 0 Å². The molecule has 3 N–H and O–H groups in total. The van der Waals surface area contributed by atoms with Gasteiger partial charge in [0.25, 0.3) is 0 Å². The third-order valence-electron chi connectivity index (χ3n) is 5.46. The largest absolute Gasteiger partial charge is 0.486 e. The zero-order valence-electron chi connectivity index (χ0n) is 15.9. The van der Waals surface area contributed by atoms with Gasteiger partial charge >= 0.3 is 5.69 Å². The maximum atomic E-state index is 12.6. The van der Waals surface area contributed by atoms with Crippen molar-refractivity contribution in [2.24, 2.45) is 0 Å². The number of aromatic nitrogens is 2. The van der Waals surface area contributed by atoms with Crippen LogP contribution in [-0.4, -0.2) is 47.1 Å². The van der Waals surface area contributed by atoms with Crippen LogP contribution in [0.1, 0.15) is 24.4 Å². The van der Waals surface area contributed by atoms with Crippen LogP contribution in [0.2, 0.25) is 0 Å². The Morgan fingerprint density at radius 1 is 1.07 bits per heavy atom. The number of amides is 1. The third-order valence-corrected chi connectivity index (χ3v) is 5.46. The molecule has 2 aromatic carbocycles. The normalized spacial score (nSPS) is 18.8. The fourth-order valence-electron chi connectivity index (χ4n) is 4.16. The van der Waals surface area contributed by atoms with E-state index in [-0.39, 0.29) is 17.6 Å². The van der Waals surface area contributed by atoms with Gasteiger partial charge in [0.1, 0.15) is 13.2 Å². The molecule has 8 heteroatoms. The molecule has 0 bridgehead atoms. The number of ether oxygens (including phenoxy) is 2. The average molecular weight is 394 g/mol. The number of nitrogens with zero attached hydrogens (tertiary/aromatic N) is 1. The molecule has 1 fully saturated rings. The summed E-state index contributed by atoms with van der Waals surface area (Å²) < 4.78 is 11.3. The number of imidazole rings is 1. The molecule has 3 heterocycles. The Bertz CT molecular complexity index is 1120. The van der Waals surface area contributed by atoms with Gasteiger partial charge in [0.2, 0.25) is 5.91 Å². The van der Waals surface area contributed by atoms with E-state index in [1.54, 1.807) is 18.2 Å². The number of nitrogens with one attached hydrogen (secondary N) is 3. The quantitative estimate of drug-likeness (QED) is 0.631. The molecule has 8 nitrogen and oxygen atoms in total. The smallest absolute Gasteiger partial charge is 0.323 e. The van der Waals surface area contributed by atoms with E-state index in [0.717, 1.165) is 36.4 Å². The molecule has 1 amide bonds. The minimum absolute atomic E-state index is 0.0772. The number of aromatic amines is 2. The molecule has 29 heavy (non-hydrogen) atoms. The number of H-pyrrole nitrogens is 2. The van der Waals surface area contributed by atoms with Crippen molar-refractivity contribution >= 4 is 22.6 Å². The minimum Gasteiger partial charge on any atom is -0.486 e. The van der Waals surface area contributed by atoms with E-state index >= 15 is 0 Å². The van der Waals surface area contributed by atoms with Gasteiger partial charge < -0.3 is 24.8 Å². The average Bonchev–Trinajstić information content (AvgIpc) is 3.32. The van der Waals surface area contributed by atoms with Crippen molar-refractivity contribution < 1.29 is 14.3 Å².